The molecule has 0 saturated carbocycles. The molecule has 0 unspecified atom stereocenters. The summed E-state index contributed by atoms with van der Waals surface area (Å²) in [5, 5.41) is 6.36. The van der Waals surface area contributed by atoms with E-state index in [2.05, 4.69) is 0 Å². The molecule has 1 fully saturated rings. The van der Waals surface area contributed by atoms with E-state index in [-0.39, 0.29) is 5.91 Å². The van der Waals surface area contributed by atoms with Gasteiger partial charge in [0.25, 0.3) is 5.91 Å². The Morgan fingerprint density at radius 3 is 2.24 bits per heavy atom. The predicted octanol–water partition coefficient (Wildman–Crippen LogP) is 6.43. The maximum absolute atomic E-state index is 13.2. The van der Waals surface area contributed by atoms with Crippen molar-refractivity contribution in [3.8, 4) is 16.9 Å². The van der Waals surface area contributed by atoms with Crippen LogP contribution in [-0.4, -0.2) is 33.7 Å². The Labute approximate surface area is 185 Å². The first-order chi connectivity index (χ1) is 14.0. The lowest BCUT2D eigenvalue weighted by atomic mass is 10.0. The monoisotopic (exact) mass is 447 g/mol. The van der Waals surface area contributed by atoms with Crippen molar-refractivity contribution in [2.45, 2.75) is 26.2 Å². The fourth-order valence-corrected chi connectivity index (χ4v) is 4.33. The van der Waals surface area contributed by atoms with Gasteiger partial charge in [0.1, 0.15) is 0 Å². The van der Waals surface area contributed by atoms with Crippen LogP contribution in [0.3, 0.4) is 0 Å². The van der Waals surface area contributed by atoms with Gasteiger partial charge in [-0.1, -0.05) is 46.9 Å². The van der Waals surface area contributed by atoms with Crippen LogP contribution in [0, 0.1) is 6.92 Å². The van der Waals surface area contributed by atoms with Gasteiger partial charge in [0, 0.05) is 34.3 Å². The van der Waals surface area contributed by atoms with E-state index in [4.69, 9.17) is 39.9 Å². The summed E-state index contributed by atoms with van der Waals surface area (Å²) in [4.78, 5) is 15.1. The molecular formula is C22H20Cl3N3O. The molecule has 1 aliphatic rings. The van der Waals surface area contributed by atoms with Crippen LogP contribution in [-0.2, 0) is 0 Å². The number of carbonyl (C=O) groups excluding carboxylic acids is 1. The summed E-state index contributed by atoms with van der Waals surface area (Å²) >= 11 is 18.6. The summed E-state index contributed by atoms with van der Waals surface area (Å²) < 4.78 is 1.73. The van der Waals surface area contributed by atoms with Gasteiger partial charge in [0.05, 0.1) is 16.4 Å². The maximum atomic E-state index is 13.2. The average Bonchev–Trinajstić information content (AvgIpc) is 3.05. The van der Waals surface area contributed by atoms with Crippen molar-refractivity contribution < 1.29 is 4.79 Å². The Kier molecular flexibility index (Phi) is 5.86. The van der Waals surface area contributed by atoms with E-state index in [0.29, 0.717) is 26.4 Å². The van der Waals surface area contributed by atoms with E-state index in [1.807, 2.05) is 42.2 Å². The number of amides is 1. The molecule has 0 atom stereocenters. The molecule has 2 aromatic carbocycles. The second kappa shape index (κ2) is 8.39. The zero-order valence-corrected chi connectivity index (χ0v) is 18.2. The van der Waals surface area contributed by atoms with E-state index in [9.17, 15) is 4.79 Å². The highest BCUT2D eigenvalue weighted by Gasteiger charge is 2.27. The minimum absolute atomic E-state index is 0.0405. The highest BCUT2D eigenvalue weighted by atomic mass is 35.5. The van der Waals surface area contributed by atoms with E-state index in [1.165, 1.54) is 0 Å². The molecule has 2 heterocycles. The fraction of sp³-hybridized carbons (Fsp3) is 0.273. The normalized spacial score (nSPS) is 14.3. The van der Waals surface area contributed by atoms with Crippen molar-refractivity contribution in [3.63, 3.8) is 0 Å². The lowest BCUT2D eigenvalue weighted by Crippen LogP contribution is -2.36. The van der Waals surface area contributed by atoms with Crippen LogP contribution in [0.25, 0.3) is 16.9 Å². The minimum Gasteiger partial charge on any atom is -0.337 e. The highest BCUT2D eigenvalue weighted by Crippen LogP contribution is 2.33. The highest BCUT2D eigenvalue weighted by molar-refractivity contribution is 6.35. The lowest BCUT2D eigenvalue weighted by Gasteiger charge is -2.26. The third-order valence-electron chi connectivity index (χ3n) is 5.22. The molecule has 1 aliphatic heterocycles. The first kappa shape index (κ1) is 20.3. The Balaban J connectivity index is 1.88. The second-order valence-corrected chi connectivity index (χ2v) is 8.47. The molecule has 0 aliphatic carbocycles. The van der Waals surface area contributed by atoms with Gasteiger partial charge in [0.2, 0.25) is 0 Å². The average molecular weight is 449 g/mol. The number of hydrogen-bond acceptors (Lipinski definition) is 2. The molecule has 0 radical (unpaired) electrons. The predicted molar refractivity (Wildman–Crippen MR) is 119 cm³/mol. The Hall–Kier alpha value is -2.01. The lowest BCUT2D eigenvalue weighted by molar-refractivity contribution is 0.0717. The summed E-state index contributed by atoms with van der Waals surface area (Å²) in [6, 6.07) is 12.7. The smallest absolute Gasteiger partial charge is 0.274 e. The van der Waals surface area contributed by atoms with Crippen LogP contribution in [0.1, 0.15) is 35.3 Å². The third-order valence-corrected chi connectivity index (χ3v) is 6.01. The van der Waals surface area contributed by atoms with Gasteiger partial charge >= 0.3 is 0 Å². The zero-order chi connectivity index (χ0) is 20.5. The summed E-state index contributed by atoms with van der Waals surface area (Å²) in [7, 11) is 0. The van der Waals surface area contributed by atoms with E-state index in [0.717, 1.165) is 49.2 Å². The number of hydrogen-bond donors (Lipinski definition) is 0. The van der Waals surface area contributed by atoms with Crippen molar-refractivity contribution >= 4 is 40.7 Å². The number of piperidine rings is 1. The third kappa shape index (κ3) is 4.02. The van der Waals surface area contributed by atoms with Gasteiger partial charge in [-0.3, -0.25) is 4.79 Å². The molecule has 29 heavy (non-hydrogen) atoms. The van der Waals surface area contributed by atoms with Crippen LogP contribution >= 0.6 is 34.8 Å². The summed E-state index contributed by atoms with van der Waals surface area (Å²) in [5.41, 5.74) is 3.65. The van der Waals surface area contributed by atoms with Crippen LogP contribution in [0.5, 0.6) is 0 Å². The minimum atomic E-state index is -0.0405. The Bertz CT molecular complexity index is 1050. The van der Waals surface area contributed by atoms with Crippen LogP contribution in [0.15, 0.2) is 42.5 Å². The standard InChI is InChI=1S/C22H20Cl3N3O/c1-14-20(22(29)27-11-3-2-4-12-27)26-28(19-10-9-17(24)13-18(19)25)21(14)15-5-7-16(23)8-6-15/h5-10,13H,2-4,11-12H2,1H3. The molecule has 4 nitrogen and oxygen atoms in total. The number of benzene rings is 2. The molecule has 1 saturated heterocycles. The number of likely N-dealkylation sites (tertiary alicyclic amines) is 1. The summed E-state index contributed by atoms with van der Waals surface area (Å²) in [6.45, 7) is 3.46. The number of aromatic nitrogens is 2. The van der Waals surface area contributed by atoms with Gasteiger partial charge in [-0.15, -0.1) is 0 Å². The van der Waals surface area contributed by atoms with Crippen molar-refractivity contribution in [3.05, 3.63) is 68.8 Å². The van der Waals surface area contributed by atoms with Crippen molar-refractivity contribution in [1.29, 1.82) is 0 Å². The molecule has 3 aromatic rings. The van der Waals surface area contributed by atoms with Gasteiger partial charge in [0.15, 0.2) is 5.69 Å². The molecular weight excluding hydrogens is 429 g/mol. The molecule has 0 spiro atoms. The molecule has 4 rings (SSSR count). The molecule has 1 amide bonds. The van der Waals surface area contributed by atoms with Gasteiger partial charge in [-0.2, -0.15) is 5.10 Å². The van der Waals surface area contributed by atoms with Crippen LogP contribution < -0.4 is 0 Å². The van der Waals surface area contributed by atoms with Gasteiger partial charge < -0.3 is 4.90 Å². The van der Waals surface area contributed by atoms with Crippen molar-refractivity contribution in [2.24, 2.45) is 0 Å². The van der Waals surface area contributed by atoms with E-state index in [1.54, 1.807) is 16.8 Å². The van der Waals surface area contributed by atoms with Crippen molar-refractivity contribution in [1.82, 2.24) is 14.7 Å². The second-order valence-electron chi connectivity index (χ2n) is 7.19. The fourth-order valence-electron chi connectivity index (χ4n) is 3.72. The Morgan fingerprint density at radius 2 is 1.59 bits per heavy atom. The molecule has 0 bridgehead atoms. The van der Waals surface area contributed by atoms with E-state index < -0.39 is 0 Å². The Morgan fingerprint density at radius 1 is 0.931 bits per heavy atom. The number of halogens is 3. The number of rotatable bonds is 3. The number of carbonyl (C=O) groups is 1. The molecule has 150 valence electrons. The summed E-state index contributed by atoms with van der Waals surface area (Å²) in [6.07, 6.45) is 3.21. The number of nitrogens with zero attached hydrogens (tertiary/aromatic N) is 3. The van der Waals surface area contributed by atoms with Gasteiger partial charge in [-0.05, 0) is 56.5 Å². The van der Waals surface area contributed by atoms with E-state index >= 15 is 0 Å². The van der Waals surface area contributed by atoms with Crippen LogP contribution in [0.4, 0.5) is 0 Å². The largest absolute Gasteiger partial charge is 0.337 e. The molecule has 1 aromatic heterocycles. The first-order valence-electron chi connectivity index (χ1n) is 9.56. The van der Waals surface area contributed by atoms with Gasteiger partial charge in [-0.25, -0.2) is 4.68 Å². The quantitative estimate of drug-likeness (QED) is 0.463. The zero-order valence-electron chi connectivity index (χ0n) is 16.0. The topological polar surface area (TPSA) is 38.1 Å². The maximum Gasteiger partial charge on any atom is 0.274 e. The van der Waals surface area contributed by atoms with Crippen LogP contribution in [0.2, 0.25) is 15.1 Å². The SMILES string of the molecule is Cc1c(C(=O)N2CCCCC2)nn(-c2ccc(Cl)cc2Cl)c1-c1ccc(Cl)cc1. The summed E-state index contributed by atoms with van der Waals surface area (Å²) in [5.74, 6) is -0.0405. The molecule has 0 N–H and O–H groups in total. The first-order valence-corrected chi connectivity index (χ1v) is 10.7. The van der Waals surface area contributed by atoms with Crippen molar-refractivity contribution in [2.75, 3.05) is 13.1 Å². The molecule has 7 heteroatoms.